The number of hydrogen-bond donors (Lipinski definition) is 2. The summed E-state index contributed by atoms with van der Waals surface area (Å²) in [7, 11) is 1.95. The number of para-hydroxylation sites is 2. The Balaban J connectivity index is 1.57. The third kappa shape index (κ3) is 4.57. The van der Waals surface area contributed by atoms with Crippen LogP contribution in [0.25, 0.3) is 11.0 Å². The lowest BCUT2D eigenvalue weighted by molar-refractivity contribution is 0.624. The summed E-state index contributed by atoms with van der Waals surface area (Å²) in [6, 6.07) is 8.24. The summed E-state index contributed by atoms with van der Waals surface area (Å²) in [6.07, 6.45) is 2.77. The van der Waals surface area contributed by atoms with Gasteiger partial charge in [0.1, 0.15) is 18.2 Å². The predicted octanol–water partition coefficient (Wildman–Crippen LogP) is 2.09. The number of rotatable bonds is 8. The largest absolute Gasteiger partial charge is 0.356 e. The molecule has 0 unspecified atom stereocenters. The summed E-state index contributed by atoms with van der Waals surface area (Å²) in [5, 5.41) is 14.9. The Morgan fingerprint density at radius 1 is 1.18 bits per heavy atom. The van der Waals surface area contributed by atoms with Crippen molar-refractivity contribution >= 4 is 17.0 Å². The normalized spacial score (nSPS) is 11.8. The first-order valence-electron chi connectivity index (χ1n) is 9.50. The summed E-state index contributed by atoms with van der Waals surface area (Å²) < 4.78 is 4.20. The molecule has 3 rings (SSSR count). The topological polar surface area (TPSA) is 85.0 Å². The molecular formula is C20H28N8. The number of nitrogens with zero attached hydrogens (tertiary/aromatic N) is 6. The van der Waals surface area contributed by atoms with Gasteiger partial charge in [-0.1, -0.05) is 18.2 Å². The molecule has 8 nitrogen and oxygen atoms in total. The molecule has 0 saturated heterocycles. The number of aryl methyl sites for hydroxylation is 3. The van der Waals surface area contributed by atoms with Gasteiger partial charge >= 0.3 is 0 Å². The second kappa shape index (κ2) is 9.16. The van der Waals surface area contributed by atoms with Crippen LogP contribution >= 0.6 is 0 Å². The highest BCUT2D eigenvalue weighted by atomic mass is 15.3. The monoisotopic (exact) mass is 380 g/mol. The molecule has 1 aromatic carbocycles. The molecule has 3 aromatic rings. The number of aliphatic imine (C=N–C) groups is 1. The molecule has 0 radical (unpaired) electrons. The van der Waals surface area contributed by atoms with Crippen molar-refractivity contribution in [1.29, 1.82) is 0 Å². The van der Waals surface area contributed by atoms with Crippen molar-refractivity contribution in [3.63, 3.8) is 0 Å². The minimum Gasteiger partial charge on any atom is -0.356 e. The quantitative estimate of drug-likeness (QED) is 0.271. The van der Waals surface area contributed by atoms with Gasteiger partial charge < -0.3 is 19.8 Å². The average Bonchev–Trinajstić information content (AvgIpc) is 3.19. The standard InChI is InChI=1S/C20H28N8/c1-5-11-21-20(23-14-19-26-25-16(3)27(19)4)22-12-8-13-28-15(2)24-17-9-6-7-10-18(17)28/h5-7,9-10H,1,8,11-14H2,2-4H3,(H2,21,22,23). The molecule has 8 heteroatoms. The summed E-state index contributed by atoms with van der Waals surface area (Å²) in [6.45, 7) is 10.5. The average molecular weight is 381 g/mol. The van der Waals surface area contributed by atoms with Gasteiger partial charge in [-0.25, -0.2) is 9.98 Å². The third-order valence-electron chi connectivity index (χ3n) is 4.67. The van der Waals surface area contributed by atoms with Crippen LogP contribution in [0.15, 0.2) is 41.9 Å². The minimum absolute atomic E-state index is 0.467. The van der Waals surface area contributed by atoms with Crippen LogP contribution in [-0.4, -0.2) is 43.4 Å². The smallest absolute Gasteiger partial charge is 0.191 e. The maximum absolute atomic E-state index is 4.62. The fourth-order valence-electron chi connectivity index (χ4n) is 3.00. The molecule has 2 N–H and O–H groups in total. The van der Waals surface area contributed by atoms with E-state index in [2.05, 4.69) is 67.1 Å². The van der Waals surface area contributed by atoms with E-state index in [0.717, 1.165) is 48.5 Å². The zero-order valence-electron chi connectivity index (χ0n) is 16.8. The lowest BCUT2D eigenvalue weighted by Gasteiger charge is -2.12. The van der Waals surface area contributed by atoms with Gasteiger partial charge in [-0.2, -0.15) is 0 Å². The van der Waals surface area contributed by atoms with Crippen molar-refractivity contribution in [2.24, 2.45) is 12.0 Å². The predicted molar refractivity (Wildman–Crippen MR) is 112 cm³/mol. The van der Waals surface area contributed by atoms with Crippen molar-refractivity contribution < 1.29 is 0 Å². The molecule has 0 saturated carbocycles. The molecule has 0 aliphatic heterocycles. The maximum Gasteiger partial charge on any atom is 0.191 e. The molecule has 2 aromatic heterocycles. The van der Waals surface area contributed by atoms with Crippen molar-refractivity contribution in [2.75, 3.05) is 13.1 Å². The van der Waals surface area contributed by atoms with Gasteiger partial charge in [-0.3, -0.25) is 0 Å². The SMILES string of the molecule is C=CCNC(=NCc1nnc(C)n1C)NCCCn1c(C)nc2ccccc21. The van der Waals surface area contributed by atoms with E-state index in [1.807, 2.05) is 30.7 Å². The zero-order chi connectivity index (χ0) is 19.9. The van der Waals surface area contributed by atoms with Crippen LogP contribution in [0.1, 0.15) is 23.9 Å². The fraction of sp³-hybridized carbons (Fsp3) is 0.400. The number of nitrogens with one attached hydrogen (secondary N) is 2. The second-order valence-corrected chi connectivity index (χ2v) is 6.64. The summed E-state index contributed by atoms with van der Waals surface area (Å²) in [4.78, 5) is 9.23. The van der Waals surface area contributed by atoms with E-state index in [4.69, 9.17) is 0 Å². The summed E-state index contributed by atoms with van der Waals surface area (Å²) in [5.41, 5.74) is 2.22. The highest BCUT2D eigenvalue weighted by Crippen LogP contribution is 2.15. The molecule has 0 bridgehead atoms. The number of hydrogen-bond acceptors (Lipinski definition) is 4. The fourth-order valence-corrected chi connectivity index (χ4v) is 3.00. The number of fused-ring (bicyclic) bond motifs is 1. The van der Waals surface area contributed by atoms with Crippen LogP contribution in [0.3, 0.4) is 0 Å². The molecule has 0 aliphatic rings. The van der Waals surface area contributed by atoms with E-state index >= 15 is 0 Å². The van der Waals surface area contributed by atoms with E-state index in [-0.39, 0.29) is 0 Å². The van der Waals surface area contributed by atoms with E-state index < -0.39 is 0 Å². The first kappa shape index (κ1) is 19.6. The molecule has 0 spiro atoms. The van der Waals surface area contributed by atoms with Crippen molar-refractivity contribution in [2.45, 2.75) is 33.4 Å². The van der Waals surface area contributed by atoms with Crippen LogP contribution < -0.4 is 10.6 Å². The Labute approximate surface area is 165 Å². The lowest BCUT2D eigenvalue weighted by atomic mass is 10.3. The maximum atomic E-state index is 4.62. The van der Waals surface area contributed by atoms with Gasteiger partial charge in [-0.15, -0.1) is 16.8 Å². The highest BCUT2D eigenvalue weighted by Gasteiger charge is 2.07. The highest BCUT2D eigenvalue weighted by molar-refractivity contribution is 5.79. The molecular weight excluding hydrogens is 352 g/mol. The number of aromatic nitrogens is 5. The molecule has 0 fully saturated rings. The first-order valence-corrected chi connectivity index (χ1v) is 9.50. The van der Waals surface area contributed by atoms with E-state index in [0.29, 0.717) is 13.1 Å². The molecule has 0 amide bonds. The van der Waals surface area contributed by atoms with Crippen LogP contribution in [0.2, 0.25) is 0 Å². The van der Waals surface area contributed by atoms with E-state index in [1.165, 1.54) is 5.52 Å². The molecule has 0 aliphatic carbocycles. The number of guanidine groups is 1. The van der Waals surface area contributed by atoms with Crippen molar-refractivity contribution in [1.82, 2.24) is 34.9 Å². The van der Waals surface area contributed by atoms with Gasteiger partial charge in [0.05, 0.1) is 11.0 Å². The summed E-state index contributed by atoms with van der Waals surface area (Å²) in [5.74, 6) is 3.49. The lowest BCUT2D eigenvalue weighted by Crippen LogP contribution is -2.38. The van der Waals surface area contributed by atoms with Crippen molar-refractivity contribution in [3.05, 3.63) is 54.4 Å². The van der Waals surface area contributed by atoms with Gasteiger partial charge in [0.2, 0.25) is 0 Å². The van der Waals surface area contributed by atoms with E-state index in [1.54, 1.807) is 0 Å². The molecule has 0 atom stereocenters. The van der Waals surface area contributed by atoms with Gasteiger partial charge in [0.15, 0.2) is 11.8 Å². The van der Waals surface area contributed by atoms with Gasteiger partial charge in [0.25, 0.3) is 0 Å². The van der Waals surface area contributed by atoms with Crippen LogP contribution in [0.4, 0.5) is 0 Å². The van der Waals surface area contributed by atoms with Crippen LogP contribution in [0, 0.1) is 13.8 Å². The first-order chi connectivity index (χ1) is 13.6. The molecule has 148 valence electrons. The Morgan fingerprint density at radius 3 is 2.75 bits per heavy atom. The zero-order valence-corrected chi connectivity index (χ0v) is 16.8. The summed E-state index contributed by atoms with van der Waals surface area (Å²) >= 11 is 0. The number of benzene rings is 1. The van der Waals surface area contributed by atoms with Crippen molar-refractivity contribution in [3.8, 4) is 0 Å². The molecule has 28 heavy (non-hydrogen) atoms. The van der Waals surface area contributed by atoms with Gasteiger partial charge in [-0.05, 0) is 32.4 Å². The Bertz CT molecular complexity index is 966. The minimum atomic E-state index is 0.467. The van der Waals surface area contributed by atoms with Crippen LogP contribution in [-0.2, 0) is 20.1 Å². The molecule has 2 heterocycles. The second-order valence-electron chi connectivity index (χ2n) is 6.64. The van der Waals surface area contributed by atoms with Crippen LogP contribution in [0.5, 0.6) is 0 Å². The van der Waals surface area contributed by atoms with Gasteiger partial charge in [0, 0.05) is 26.7 Å². The third-order valence-corrected chi connectivity index (χ3v) is 4.67. The van der Waals surface area contributed by atoms with E-state index in [9.17, 15) is 0 Å². The number of imidazole rings is 1. The Morgan fingerprint density at radius 2 is 2.00 bits per heavy atom. The Kier molecular flexibility index (Phi) is 6.41. The Hall–Kier alpha value is -3.16.